The fourth-order valence-electron chi connectivity index (χ4n) is 2.12. The van der Waals surface area contributed by atoms with Gasteiger partial charge in [0.1, 0.15) is 11.5 Å². The summed E-state index contributed by atoms with van der Waals surface area (Å²) in [5.74, 6) is 1.28. The molecule has 0 aliphatic rings. The zero-order chi connectivity index (χ0) is 16.1. The highest BCUT2D eigenvalue weighted by Gasteiger charge is 2.10. The third-order valence-corrected chi connectivity index (χ3v) is 3.52. The summed E-state index contributed by atoms with van der Waals surface area (Å²) in [6.07, 6.45) is 0. The van der Waals surface area contributed by atoms with Gasteiger partial charge in [-0.25, -0.2) is 0 Å². The number of nitrogens with zero attached hydrogens (tertiary/aromatic N) is 1. The van der Waals surface area contributed by atoms with E-state index in [0.717, 1.165) is 5.56 Å². The van der Waals surface area contributed by atoms with Gasteiger partial charge in [-0.05, 0) is 24.4 Å². The molecule has 2 aromatic rings. The number of ether oxygens (including phenoxy) is 3. The fraction of sp³-hybridized carbons (Fsp3) is 0.333. The molecule has 22 heavy (non-hydrogen) atoms. The second kappa shape index (κ2) is 7.24. The fourth-order valence-corrected chi connectivity index (χ4v) is 2.41. The molecule has 2 rings (SSSR count). The van der Waals surface area contributed by atoms with Crippen molar-refractivity contribution < 1.29 is 14.2 Å². The Morgan fingerprint density at radius 3 is 2.27 bits per heavy atom. The maximum atomic E-state index is 11.8. The van der Waals surface area contributed by atoms with Gasteiger partial charge in [0.2, 0.25) is 0 Å². The van der Waals surface area contributed by atoms with E-state index in [2.05, 4.69) is 4.98 Å². The minimum Gasteiger partial charge on any atom is -0.497 e. The molecule has 0 aliphatic heterocycles. The lowest BCUT2D eigenvalue weighted by Gasteiger charge is -2.15. The van der Waals surface area contributed by atoms with Crippen LogP contribution in [0.1, 0.15) is 0 Å². The van der Waals surface area contributed by atoms with Crippen LogP contribution in [-0.4, -0.2) is 37.5 Å². The third kappa shape index (κ3) is 3.55. The number of benzene rings is 1. The quantitative estimate of drug-likeness (QED) is 0.826. The smallest absolute Gasteiger partial charge is 0.252 e. The van der Waals surface area contributed by atoms with E-state index >= 15 is 0 Å². The molecule has 0 radical (unpaired) electrons. The highest BCUT2D eigenvalue weighted by atomic mass is 32.1. The zero-order valence-corrected chi connectivity index (χ0v) is 13.5. The maximum absolute atomic E-state index is 11.8. The number of hydrogen-bond acceptors (Lipinski definition) is 5. The lowest BCUT2D eigenvalue weighted by atomic mass is 10.1. The van der Waals surface area contributed by atoms with Gasteiger partial charge in [-0.3, -0.25) is 9.78 Å². The maximum Gasteiger partial charge on any atom is 0.252 e. The second-order valence-corrected chi connectivity index (χ2v) is 4.96. The van der Waals surface area contributed by atoms with Gasteiger partial charge in [0.25, 0.3) is 5.56 Å². The summed E-state index contributed by atoms with van der Waals surface area (Å²) < 4.78 is 17.8. The Hall–Kier alpha value is -2.12. The van der Waals surface area contributed by atoms with Crippen molar-refractivity contribution in [3.8, 4) is 22.8 Å². The molecule has 0 atom stereocenters. The molecular weight excluding hydrogens is 304 g/mol. The van der Waals surface area contributed by atoms with E-state index in [9.17, 15) is 4.79 Å². The standard InChI is InChI=1S/C15H18N2O4S/c1-19-5-4-17-13(9-14(18)16-15(17)22)10-6-11(20-2)8-12(7-10)21-3/h6-9H,4-5H2,1-3H3,(H,16,18,22). The summed E-state index contributed by atoms with van der Waals surface area (Å²) in [7, 11) is 4.77. The van der Waals surface area contributed by atoms with Crippen LogP contribution in [0.5, 0.6) is 11.5 Å². The van der Waals surface area contributed by atoms with Crippen LogP contribution in [0.15, 0.2) is 29.1 Å². The summed E-state index contributed by atoms with van der Waals surface area (Å²) in [4.78, 5) is 14.4. The Balaban J connectivity index is 2.65. The van der Waals surface area contributed by atoms with Crippen LogP contribution in [0.4, 0.5) is 0 Å². The molecule has 1 aromatic carbocycles. The molecule has 0 fully saturated rings. The zero-order valence-electron chi connectivity index (χ0n) is 12.7. The van der Waals surface area contributed by atoms with Gasteiger partial charge in [0.05, 0.1) is 26.5 Å². The van der Waals surface area contributed by atoms with E-state index in [0.29, 0.717) is 35.1 Å². The van der Waals surface area contributed by atoms with Gasteiger partial charge < -0.3 is 18.8 Å². The van der Waals surface area contributed by atoms with Crippen molar-refractivity contribution >= 4 is 12.2 Å². The number of rotatable bonds is 6. The third-order valence-electron chi connectivity index (χ3n) is 3.20. The Morgan fingerprint density at radius 2 is 1.73 bits per heavy atom. The molecule has 0 saturated carbocycles. The second-order valence-electron chi connectivity index (χ2n) is 4.57. The first-order valence-electron chi connectivity index (χ1n) is 6.65. The Labute approximate surface area is 133 Å². The van der Waals surface area contributed by atoms with Crippen LogP contribution in [0.3, 0.4) is 0 Å². The van der Waals surface area contributed by atoms with E-state index in [-0.39, 0.29) is 5.56 Å². The average Bonchev–Trinajstić information content (AvgIpc) is 2.52. The lowest BCUT2D eigenvalue weighted by molar-refractivity contribution is 0.186. The SMILES string of the molecule is COCCn1c(-c2cc(OC)cc(OC)c2)cc(=O)[nH]c1=S. The molecule has 1 heterocycles. The molecule has 0 bridgehead atoms. The monoisotopic (exact) mass is 322 g/mol. The van der Waals surface area contributed by atoms with Crippen LogP contribution in [0.25, 0.3) is 11.3 Å². The van der Waals surface area contributed by atoms with Gasteiger partial charge in [-0.15, -0.1) is 0 Å². The van der Waals surface area contributed by atoms with Crippen LogP contribution in [0, 0.1) is 4.77 Å². The largest absolute Gasteiger partial charge is 0.497 e. The normalized spacial score (nSPS) is 10.5. The van der Waals surface area contributed by atoms with Gasteiger partial charge >= 0.3 is 0 Å². The predicted molar refractivity (Wildman–Crippen MR) is 86.3 cm³/mol. The van der Waals surface area contributed by atoms with Gasteiger partial charge in [0.15, 0.2) is 4.77 Å². The number of aromatic nitrogens is 2. The molecule has 1 aromatic heterocycles. The van der Waals surface area contributed by atoms with Crippen molar-refractivity contribution in [3.05, 3.63) is 39.4 Å². The molecule has 0 saturated heterocycles. The average molecular weight is 322 g/mol. The first kappa shape index (κ1) is 16.3. The van der Waals surface area contributed by atoms with Crippen LogP contribution in [-0.2, 0) is 11.3 Å². The van der Waals surface area contributed by atoms with Crippen molar-refractivity contribution in [3.63, 3.8) is 0 Å². The Morgan fingerprint density at radius 1 is 1.09 bits per heavy atom. The van der Waals surface area contributed by atoms with Crippen molar-refractivity contribution in [1.82, 2.24) is 9.55 Å². The molecule has 7 heteroatoms. The minimum absolute atomic E-state index is 0.254. The van der Waals surface area contributed by atoms with Gasteiger partial charge in [-0.1, -0.05) is 0 Å². The summed E-state index contributed by atoms with van der Waals surface area (Å²) in [6, 6.07) is 6.93. The molecule has 0 aliphatic carbocycles. The van der Waals surface area contributed by atoms with Crippen molar-refractivity contribution in [1.29, 1.82) is 0 Å². The van der Waals surface area contributed by atoms with Crippen LogP contribution < -0.4 is 15.0 Å². The van der Waals surface area contributed by atoms with Gasteiger partial charge in [-0.2, -0.15) is 0 Å². The molecule has 0 unspecified atom stereocenters. The first-order chi connectivity index (χ1) is 10.6. The highest BCUT2D eigenvalue weighted by Crippen LogP contribution is 2.29. The minimum atomic E-state index is -0.254. The Kier molecular flexibility index (Phi) is 5.35. The van der Waals surface area contributed by atoms with Crippen molar-refractivity contribution in [2.75, 3.05) is 27.9 Å². The summed E-state index contributed by atoms with van der Waals surface area (Å²) in [5.41, 5.74) is 1.21. The molecule has 0 spiro atoms. The van der Waals surface area contributed by atoms with E-state index in [1.165, 1.54) is 6.07 Å². The summed E-state index contributed by atoms with van der Waals surface area (Å²) in [5, 5.41) is 0. The molecule has 1 N–H and O–H groups in total. The van der Waals surface area contributed by atoms with Crippen LogP contribution >= 0.6 is 12.2 Å². The topological polar surface area (TPSA) is 65.5 Å². The number of H-pyrrole nitrogens is 1. The number of nitrogens with one attached hydrogen (secondary N) is 1. The molecule has 6 nitrogen and oxygen atoms in total. The van der Waals surface area contributed by atoms with E-state index in [4.69, 9.17) is 26.4 Å². The number of hydrogen-bond donors (Lipinski definition) is 1. The van der Waals surface area contributed by atoms with E-state index in [1.54, 1.807) is 27.4 Å². The number of aromatic amines is 1. The first-order valence-corrected chi connectivity index (χ1v) is 7.06. The molecule has 0 amide bonds. The van der Waals surface area contributed by atoms with Crippen molar-refractivity contribution in [2.45, 2.75) is 6.54 Å². The van der Waals surface area contributed by atoms with Crippen LogP contribution in [0.2, 0.25) is 0 Å². The van der Waals surface area contributed by atoms with Gasteiger partial charge in [0, 0.05) is 31.4 Å². The summed E-state index contributed by atoms with van der Waals surface area (Å²) in [6.45, 7) is 1.01. The summed E-state index contributed by atoms with van der Waals surface area (Å²) >= 11 is 5.25. The van der Waals surface area contributed by atoms with Crippen molar-refractivity contribution in [2.24, 2.45) is 0 Å². The molecular formula is C15H18N2O4S. The predicted octanol–water partition coefficient (Wildman–Crippen LogP) is 2.24. The Bertz CT molecular complexity index is 745. The lowest BCUT2D eigenvalue weighted by Crippen LogP contribution is -2.16. The van der Waals surface area contributed by atoms with E-state index < -0.39 is 0 Å². The molecule has 118 valence electrons. The highest BCUT2D eigenvalue weighted by molar-refractivity contribution is 7.71. The number of methoxy groups -OCH3 is 3. The van der Waals surface area contributed by atoms with E-state index in [1.807, 2.05) is 16.7 Å².